The van der Waals surface area contributed by atoms with E-state index in [-0.39, 0.29) is 24.0 Å². The largest absolute Gasteiger partial charge is 0.495 e. The molecule has 0 aliphatic heterocycles. The Morgan fingerprint density at radius 2 is 1.52 bits per heavy atom. The highest BCUT2D eigenvalue weighted by Crippen LogP contribution is 2.27. The van der Waals surface area contributed by atoms with Gasteiger partial charge in [-0.25, -0.2) is 0 Å². The highest BCUT2D eigenvalue weighted by Gasteiger charge is 2.08. The first-order valence-electron chi connectivity index (χ1n) is 9.33. The lowest BCUT2D eigenvalue weighted by molar-refractivity contribution is -0.115. The van der Waals surface area contributed by atoms with Crippen LogP contribution in [0.2, 0.25) is 10.0 Å². The number of thioether (sulfide) groups is 1. The zero-order valence-corrected chi connectivity index (χ0v) is 19.0. The molecule has 0 aliphatic carbocycles. The summed E-state index contributed by atoms with van der Waals surface area (Å²) in [5.74, 6) is 0.535. The average molecular weight is 475 g/mol. The Morgan fingerprint density at radius 1 is 0.871 bits per heavy atom. The van der Waals surface area contributed by atoms with Crippen molar-refractivity contribution in [1.29, 1.82) is 0 Å². The van der Waals surface area contributed by atoms with Crippen LogP contribution >= 0.6 is 35.0 Å². The second-order valence-electron chi connectivity index (χ2n) is 6.56. The van der Waals surface area contributed by atoms with Gasteiger partial charge in [-0.2, -0.15) is 0 Å². The summed E-state index contributed by atoms with van der Waals surface area (Å²) in [5, 5.41) is 6.73. The van der Waals surface area contributed by atoms with Crippen LogP contribution in [0.1, 0.15) is 5.56 Å². The van der Waals surface area contributed by atoms with Gasteiger partial charge in [0.15, 0.2) is 0 Å². The molecule has 3 aromatic carbocycles. The average Bonchev–Trinajstić information content (AvgIpc) is 2.75. The Labute approximate surface area is 195 Å². The number of amides is 2. The topological polar surface area (TPSA) is 67.4 Å². The summed E-state index contributed by atoms with van der Waals surface area (Å²) in [6.45, 7) is 0. The quantitative estimate of drug-likeness (QED) is 0.398. The van der Waals surface area contributed by atoms with Gasteiger partial charge in [-0.15, -0.1) is 11.8 Å². The lowest BCUT2D eigenvalue weighted by Crippen LogP contribution is -2.14. The van der Waals surface area contributed by atoms with Crippen molar-refractivity contribution >= 4 is 58.2 Å². The predicted octanol–water partition coefficient (Wildman–Crippen LogP) is 5.91. The van der Waals surface area contributed by atoms with Crippen molar-refractivity contribution in [3.63, 3.8) is 0 Å². The fourth-order valence-electron chi connectivity index (χ4n) is 2.72. The monoisotopic (exact) mass is 474 g/mol. The molecule has 31 heavy (non-hydrogen) atoms. The zero-order valence-electron chi connectivity index (χ0n) is 16.7. The van der Waals surface area contributed by atoms with Crippen molar-refractivity contribution in [2.24, 2.45) is 0 Å². The van der Waals surface area contributed by atoms with E-state index in [0.717, 1.165) is 10.5 Å². The number of rotatable bonds is 8. The molecule has 3 rings (SSSR count). The minimum atomic E-state index is -0.147. The number of carbonyl (C=O) groups is 2. The molecule has 0 unspecified atom stereocenters. The molecule has 0 fully saturated rings. The fourth-order valence-corrected chi connectivity index (χ4v) is 3.80. The molecular weight excluding hydrogens is 455 g/mol. The number of hydrogen-bond acceptors (Lipinski definition) is 4. The molecule has 0 aromatic heterocycles. The van der Waals surface area contributed by atoms with Crippen molar-refractivity contribution < 1.29 is 14.3 Å². The first-order chi connectivity index (χ1) is 14.9. The molecule has 2 amide bonds. The molecule has 0 spiro atoms. The van der Waals surface area contributed by atoms with E-state index in [0.29, 0.717) is 27.2 Å². The third kappa shape index (κ3) is 7.21. The van der Waals surface area contributed by atoms with Crippen LogP contribution in [0.4, 0.5) is 11.4 Å². The van der Waals surface area contributed by atoms with Crippen molar-refractivity contribution in [1.82, 2.24) is 0 Å². The Hall–Kier alpha value is -2.67. The third-order valence-corrected chi connectivity index (χ3v) is 5.78. The van der Waals surface area contributed by atoms with Gasteiger partial charge < -0.3 is 15.4 Å². The number of nitrogens with one attached hydrogen (secondary N) is 2. The summed E-state index contributed by atoms with van der Waals surface area (Å²) in [6, 6.07) is 19.6. The number of benzene rings is 3. The SMILES string of the molecule is COc1ccc(NC(=O)CSc2ccc(NC(=O)Cc3ccc(Cl)cc3)cc2)cc1Cl. The fraction of sp³-hybridized carbons (Fsp3) is 0.130. The van der Waals surface area contributed by atoms with Gasteiger partial charge in [0.2, 0.25) is 11.8 Å². The summed E-state index contributed by atoms with van der Waals surface area (Å²) in [4.78, 5) is 25.3. The van der Waals surface area contributed by atoms with Gasteiger partial charge in [-0.05, 0) is 60.2 Å². The van der Waals surface area contributed by atoms with Crippen LogP contribution in [-0.2, 0) is 16.0 Å². The van der Waals surface area contributed by atoms with E-state index in [1.807, 2.05) is 36.4 Å². The van der Waals surface area contributed by atoms with E-state index in [9.17, 15) is 9.59 Å². The van der Waals surface area contributed by atoms with E-state index in [2.05, 4.69) is 10.6 Å². The summed E-state index contributed by atoms with van der Waals surface area (Å²) in [7, 11) is 1.53. The maximum absolute atomic E-state index is 12.2. The molecule has 0 saturated heterocycles. The molecule has 160 valence electrons. The molecule has 0 aliphatic rings. The lowest BCUT2D eigenvalue weighted by atomic mass is 10.1. The van der Waals surface area contributed by atoms with Crippen LogP contribution in [0, 0.1) is 0 Å². The molecule has 0 saturated carbocycles. The highest BCUT2D eigenvalue weighted by atomic mass is 35.5. The Balaban J connectivity index is 1.46. The van der Waals surface area contributed by atoms with Crippen LogP contribution in [0.15, 0.2) is 71.6 Å². The summed E-state index contributed by atoms with van der Waals surface area (Å²) < 4.78 is 5.10. The molecule has 2 N–H and O–H groups in total. The smallest absolute Gasteiger partial charge is 0.234 e. The van der Waals surface area contributed by atoms with Gasteiger partial charge in [0.1, 0.15) is 5.75 Å². The minimum absolute atomic E-state index is 0.111. The molecule has 8 heteroatoms. The van der Waals surface area contributed by atoms with Gasteiger partial charge >= 0.3 is 0 Å². The molecule has 0 heterocycles. The van der Waals surface area contributed by atoms with E-state index >= 15 is 0 Å². The van der Waals surface area contributed by atoms with Crippen LogP contribution in [-0.4, -0.2) is 24.7 Å². The van der Waals surface area contributed by atoms with Gasteiger partial charge in [0.25, 0.3) is 0 Å². The Kier molecular flexibility index (Phi) is 8.23. The van der Waals surface area contributed by atoms with E-state index < -0.39 is 0 Å². The normalized spacial score (nSPS) is 10.4. The van der Waals surface area contributed by atoms with E-state index in [4.69, 9.17) is 27.9 Å². The molecule has 0 bridgehead atoms. The van der Waals surface area contributed by atoms with E-state index in [1.54, 1.807) is 30.3 Å². The van der Waals surface area contributed by atoms with Crippen LogP contribution < -0.4 is 15.4 Å². The van der Waals surface area contributed by atoms with Gasteiger partial charge in [0, 0.05) is 21.3 Å². The summed E-state index contributed by atoms with van der Waals surface area (Å²) in [6.07, 6.45) is 0.267. The second kappa shape index (κ2) is 11.1. The molecular formula is C23H20Cl2N2O3S. The van der Waals surface area contributed by atoms with Gasteiger partial charge in [-0.3, -0.25) is 9.59 Å². The van der Waals surface area contributed by atoms with Gasteiger partial charge in [-0.1, -0.05) is 35.3 Å². The maximum atomic E-state index is 12.2. The first kappa shape index (κ1) is 23.0. The number of hydrogen-bond donors (Lipinski definition) is 2. The van der Waals surface area contributed by atoms with Crippen molar-refractivity contribution in [3.8, 4) is 5.75 Å². The lowest BCUT2D eigenvalue weighted by Gasteiger charge is -2.09. The molecule has 0 radical (unpaired) electrons. The Bertz CT molecular complexity index is 1060. The van der Waals surface area contributed by atoms with Crippen molar-refractivity contribution in [3.05, 3.63) is 82.3 Å². The van der Waals surface area contributed by atoms with Crippen LogP contribution in [0.25, 0.3) is 0 Å². The van der Waals surface area contributed by atoms with E-state index in [1.165, 1.54) is 18.9 Å². The third-order valence-electron chi connectivity index (χ3n) is 4.22. The van der Waals surface area contributed by atoms with Crippen molar-refractivity contribution in [2.75, 3.05) is 23.5 Å². The first-order valence-corrected chi connectivity index (χ1v) is 11.1. The van der Waals surface area contributed by atoms with Gasteiger partial charge in [0.05, 0.1) is 24.3 Å². The predicted molar refractivity (Wildman–Crippen MR) is 128 cm³/mol. The maximum Gasteiger partial charge on any atom is 0.234 e. The summed E-state index contributed by atoms with van der Waals surface area (Å²) >= 11 is 13.3. The number of halogens is 2. The number of ether oxygens (including phenoxy) is 1. The van der Waals surface area contributed by atoms with Crippen LogP contribution in [0.5, 0.6) is 5.75 Å². The second-order valence-corrected chi connectivity index (χ2v) is 8.45. The van der Waals surface area contributed by atoms with Crippen LogP contribution in [0.3, 0.4) is 0 Å². The molecule has 0 atom stereocenters. The number of methoxy groups -OCH3 is 1. The zero-order chi connectivity index (χ0) is 22.2. The molecule has 5 nitrogen and oxygen atoms in total. The van der Waals surface area contributed by atoms with Crippen molar-refractivity contribution in [2.45, 2.75) is 11.3 Å². The summed E-state index contributed by atoms with van der Waals surface area (Å²) in [5.41, 5.74) is 2.19. The highest BCUT2D eigenvalue weighted by molar-refractivity contribution is 8.00. The number of anilines is 2. The minimum Gasteiger partial charge on any atom is -0.495 e. The Morgan fingerprint density at radius 3 is 2.16 bits per heavy atom. The standard InChI is InChI=1S/C23H20Cl2N2O3S/c1-30-21-11-8-18(13-20(21)25)27-23(29)14-31-19-9-6-17(7-10-19)26-22(28)12-15-2-4-16(24)5-3-15/h2-11,13H,12,14H2,1H3,(H,26,28)(H,27,29). The molecule has 3 aromatic rings. The number of carbonyl (C=O) groups excluding carboxylic acids is 2.